The van der Waals surface area contributed by atoms with E-state index in [9.17, 15) is 4.79 Å². The molecule has 2 rings (SSSR count). The van der Waals surface area contributed by atoms with E-state index in [4.69, 9.17) is 0 Å². The van der Waals surface area contributed by atoms with Crippen molar-refractivity contribution in [2.24, 2.45) is 5.41 Å². The Morgan fingerprint density at radius 1 is 1.64 bits per heavy atom. The number of nitrogens with zero attached hydrogens (tertiary/aromatic N) is 1. The van der Waals surface area contributed by atoms with Crippen molar-refractivity contribution in [3.8, 4) is 0 Å². The van der Waals surface area contributed by atoms with Crippen molar-refractivity contribution in [1.29, 1.82) is 0 Å². The molecule has 0 radical (unpaired) electrons. The minimum absolute atomic E-state index is 0.237. The van der Waals surface area contributed by atoms with Crippen LogP contribution in [0.1, 0.15) is 13.3 Å². The second-order valence-electron chi connectivity index (χ2n) is 3.76. The molecular formula is C8H14N2O. The Morgan fingerprint density at radius 2 is 2.36 bits per heavy atom. The van der Waals surface area contributed by atoms with E-state index >= 15 is 0 Å². The second kappa shape index (κ2) is 2.21. The summed E-state index contributed by atoms with van der Waals surface area (Å²) in [5.41, 5.74) is 0.326. The van der Waals surface area contributed by atoms with E-state index in [1.54, 1.807) is 0 Å². The van der Waals surface area contributed by atoms with Gasteiger partial charge >= 0.3 is 0 Å². The summed E-state index contributed by atoms with van der Waals surface area (Å²) in [4.78, 5) is 13.3. The summed E-state index contributed by atoms with van der Waals surface area (Å²) in [6, 6.07) is 0. The number of likely N-dealkylation sites (tertiary alicyclic amines) is 1. The molecule has 0 aromatic heterocycles. The molecule has 0 bridgehead atoms. The highest BCUT2D eigenvalue weighted by Crippen LogP contribution is 2.35. The van der Waals surface area contributed by atoms with Gasteiger partial charge in [-0.2, -0.15) is 0 Å². The summed E-state index contributed by atoms with van der Waals surface area (Å²) in [6.45, 7) is 6.42. The van der Waals surface area contributed by atoms with Crippen LogP contribution in [0.2, 0.25) is 0 Å². The van der Waals surface area contributed by atoms with Gasteiger partial charge in [-0.05, 0) is 6.54 Å². The Bertz CT molecular complexity index is 185. The normalized spacial score (nSPS) is 28.6. The highest BCUT2D eigenvalue weighted by molar-refractivity contribution is 5.79. The molecule has 0 atom stereocenters. The van der Waals surface area contributed by atoms with Gasteiger partial charge in [-0.15, -0.1) is 0 Å². The third-order valence-corrected chi connectivity index (χ3v) is 2.76. The highest BCUT2D eigenvalue weighted by Gasteiger charge is 2.47. The molecule has 0 unspecified atom stereocenters. The zero-order valence-corrected chi connectivity index (χ0v) is 6.89. The molecule has 0 aromatic rings. The molecule has 0 aliphatic carbocycles. The number of hydrogen-bond acceptors (Lipinski definition) is 2. The lowest BCUT2D eigenvalue weighted by atomic mass is 9.79. The maximum absolute atomic E-state index is 10.9. The fraction of sp³-hybridized carbons (Fsp3) is 0.875. The van der Waals surface area contributed by atoms with E-state index < -0.39 is 0 Å². The van der Waals surface area contributed by atoms with Gasteiger partial charge in [0, 0.05) is 31.5 Å². The highest BCUT2D eigenvalue weighted by atomic mass is 16.1. The van der Waals surface area contributed by atoms with Gasteiger partial charge in [0.15, 0.2) is 0 Å². The number of nitrogens with one attached hydrogen (secondary N) is 1. The predicted molar refractivity (Wildman–Crippen MR) is 42.2 cm³/mol. The van der Waals surface area contributed by atoms with Gasteiger partial charge in [-0.3, -0.25) is 4.79 Å². The predicted octanol–water partition coefficient (Wildman–Crippen LogP) is -0.172. The summed E-state index contributed by atoms with van der Waals surface area (Å²) in [5, 5.41) is 2.89. The molecule has 1 amide bonds. The van der Waals surface area contributed by atoms with Crippen LogP contribution in [0.4, 0.5) is 0 Å². The standard InChI is InChI=1S/C8H14N2O/c1-2-10-5-8(6-10)3-7(11)9-4-8/h2-6H2,1H3,(H,9,11). The fourth-order valence-electron chi connectivity index (χ4n) is 2.10. The summed E-state index contributed by atoms with van der Waals surface area (Å²) in [7, 11) is 0. The number of carbonyl (C=O) groups is 1. The van der Waals surface area contributed by atoms with Crippen LogP contribution < -0.4 is 5.32 Å². The summed E-state index contributed by atoms with van der Waals surface area (Å²) in [6.07, 6.45) is 0.753. The minimum atomic E-state index is 0.237. The number of rotatable bonds is 1. The molecule has 0 saturated carbocycles. The molecule has 2 aliphatic rings. The van der Waals surface area contributed by atoms with E-state index in [0.717, 1.165) is 32.6 Å². The third-order valence-electron chi connectivity index (χ3n) is 2.76. The Morgan fingerprint density at radius 3 is 2.82 bits per heavy atom. The molecular weight excluding hydrogens is 140 g/mol. The van der Waals surface area contributed by atoms with E-state index in [0.29, 0.717) is 5.41 Å². The van der Waals surface area contributed by atoms with Crippen molar-refractivity contribution in [2.75, 3.05) is 26.2 Å². The number of hydrogen-bond donors (Lipinski definition) is 1. The smallest absolute Gasteiger partial charge is 0.220 e. The average molecular weight is 154 g/mol. The maximum atomic E-state index is 10.9. The molecule has 1 spiro atoms. The Kier molecular flexibility index (Phi) is 1.42. The topological polar surface area (TPSA) is 32.3 Å². The molecule has 2 fully saturated rings. The summed E-state index contributed by atoms with van der Waals surface area (Å²) in [5.74, 6) is 0.237. The Hall–Kier alpha value is -0.570. The first kappa shape index (κ1) is 7.10. The van der Waals surface area contributed by atoms with Crippen molar-refractivity contribution < 1.29 is 4.79 Å². The van der Waals surface area contributed by atoms with Crippen molar-refractivity contribution in [2.45, 2.75) is 13.3 Å². The van der Waals surface area contributed by atoms with Gasteiger partial charge in [-0.25, -0.2) is 0 Å². The van der Waals surface area contributed by atoms with Crippen LogP contribution in [-0.2, 0) is 4.79 Å². The summed E-state index contributed by atoms with van der Waals surface area (Å²) < 4.78 is 0. The van der Waals surface area contributed by atoms with Crippen LogP contribution in [0.5, 0.6) is 0 Å². The van der Waals surface area contributed by atoms with Crippen LogP contribution in [0.15, 0.2) is 0 Å². The van der Waals surface area contributed by atoms with Gasteiger partial charge in [0.05, 0.1) is 0 Å². The molecule has 11 heavy (non-hydrogen) atoms. The quantitative estimate of drug-likeness (QED) is 0.568. The van der Waals surface area contributed by atoms with Crippen molar-refractivity contribution in [3.63, 3.8) is 0 Å². The second-order valence-corrected chi connectivity index (χ2v) is 3.76. The lowest BCUT2D eigenvalue weighted by Gasteiger charge is -2.46. The molecule has 2 aliphatic heterocycles. The minimum Gasteiger partial charge on any atom is -0.355 e. The van der Waals surface area contributed by atoms with Crippen molar-refractivity contribution in [3.05, 3.63) is 0 Å². The van der Waals surface area contributed by atoms with E-state index in [1.165, 1.54) is 0 Å². The van der Waals surface area contributed by atoms with Gasteiger partial charge < -0.3 is 10.2 Å². The molecule has 0 aromatic carbocycles. The van der Waals surface area contributed by atoms with Crippen molar-refractivity contribution in [1.82, 2.24) is 10.2 Å². The zero-order chi connectivity index (χ0) is 7.90. The lowest BCUT2D eigenvalue weighted by Crippen LogP contribution is -2.56. The molecule has 2 saturated heterocycles. The molecule has 62 valence electrons. The first-order valence-electron chi connectivity index (χ1n) is 4.23. The Balaban J connectivity index is 1.92. The Labute approximate surface area is 66.8 Å². The van der Waals surface area contributed by atoms with Gasteiger partial charge in [0.2, 0.25) is 5.91 Å². The van der Waals surface area contributed by atoms with E-state index in [-0.39, 0.29) is 5.91 Å². The first-order valence-corrected chi connectivity index (χ1v) is 4.23. The monoisotopic (exact) mass is 154 g/mol. The van der Waals surface area contributed by atoms with E-state index in [1.807, 2.05) is 0 Å². The van der Waals surface area contributed by atoms with Crippen LogP contribution in [-0.4, -0.2) is 37.0 Å². The van der Waals surface area contributed by atoms with Crippen molar-refractivity contribution >= 4 is 5.91 Å². The molecule has 3 nitrogen and oxygen atoms in total. The molecule has 2 heterocycles. The van der Waals surface area contributed by atoms with Gasteiger partial charge in [0.1, 0.15) is 0 Å². The largest absolute Gasteiger partial charge is 0.355 e. The molecule has 1 N–H and O–H groups in total. The number of amides is 1. The van der Waals surface area contributed by atoms with Crippen LogP contribution in [0.3, 0.4) is 0 Å². The van der Waals surface area contributed by atoms with Crippen LogP contribution >= 0.6 is 0 Å². The van der Waals surface area contributed by atoms with Crippen LogP contribution in [0, 0.1) is 5.41 Å². The average Bonchev–Trinajstić information content (AvgIpc) is 2.28. The first-order chi connectivity index (χ1) is 5.24. The summed E-state index contributed by atoms with van der Waals surface area (Å²) >= 11 is 0. The third kappa shape index (κ3) is 1.03. The van der Waals surface area contributed by atoms with Crippen LogP contribution in [0.25, 0.3) is 0 Å². The fourth-order valence-corrected chi connectivity index (χ4v) is 2.10. The van der Waals surface area contributed by atoms with E-state index in [2.05, 4.69) is 17.1 Å². The zero-order valence-electron chi connectivity index (χ0n) is 6.89. The van der Waals surface area contributed by atoms with Gasteiger partial charge in [-0.1, -0.05) is 6.92 Å². The SMILES string of the molecule is CCN1CC2(CNC(=O)C2)C1. The lowest BCUT2D eigenvalue weighted by molar-refractivity contribution is -0.120. The molecule has 3 heteroatoms. The van der Waals surface area contributed by atoms with Gasteiger partial charge in [0.25, 0.3) is 0 Å². The number of carbonyl (C=O) groups excluding carboxylic acids is 1. The maximum Gasteiger partial charge on any atom is 0.220 e.